The van der Waals surface area contributed by atoms with Gasteiger partial charge in [-0.1, -0.05) is 0 Å². The van der Waals surface area contributed by atoms with Crippen LogP contribution in [0.5, 0.6) is 0 Å². The Morgan fingerprint density at radius 2 is 1.83 bits per heavy atom. The van der Waals surface area contributed by atoms with Crippen molar-refractivity contribution >= 4 is 11.8 Å². The number of likely N-dealkylation sites (tertiary alicyclic amines) is 1. The van der Waals surface area contributed by atoms with Gasteiger partial charge in [0.05, 0.1) is 6.04 Å². The molecule has 0 N–H and O–H groups in total. The van der Waals surface area contributed by atoms with Crippen molar-refractivity contribution in [1.82, 2.24) is 20.0 Å². The molecule has 10 heteroatoms. The van der Waals surface area contributed by atoms with Crippen LogP contribution < -0.4 is 0 Å². The molecule has 2 unspecified atom stereocenters. The number of aromatic nitrogens is 2. The highest BCUT2D eigenvalue weighted by atomic mass is 19.1. The van der Waals surface area contributed by atoms with Crippen LogP contribution in [0.2, 0.25) is 0 Å². The number of nitrogens with zero attached hydrogens (tertiary/aromatic N) is 4. The van der Waals surface area contributed by atoms with E-state index in [0.717, 1.165) is 6.07 Å². The lowest BCUT2D eigenvalue weighted by Gasteiger charge is -2.37. The third-order valence-electron chi connectivity index (χ3n) is 6.16. The molecule has 30 heavy (non-hydrogen) atoms. The topological polar surface area (TPSA) is 88.8 Å². The number of amides is 2. The number of aryl methyl sites for hydroxylation is 1. The van der Waals surface area contributed by atoms with E-state index in [0.29, 0.717) is 50.2 Å². The molecule has 158 valence electrons. The van der Waals surface area contributed by atoms with E-state index in [1.54, 1.807) is 16.7 Å². The fourth-order valence-corrected chi connectivity index (χ4v) is 4.73. The van der Waals surface area contributed by atoms with Crippen molar-refractivity contribution in [2.75, 3.05) is 13.1 Å². The van der Waals surface area contributed by atoms with E-state index in [4.69, 9.17) is 9.15 Å². The van der Waals surface area contributed by atoms with Crippen LogP contribution in [0.4, 0.5) is 8.78 Å². The Balaban J connectivity index is 1.32. The summed E-state index contributed by atoms with van der Waals surface area (Å²) in [5, 5.41) is 7.42. The Kier molecular flexibility index (Phi) is 4.35. The van der Waals surface area contributed by atoms with E-state index in [-0.39, 0.29) is 17.7 Å². The van der Waals surface area contributed by atoms with Crippen LogP contribution in [-0.4, -0.2) is 56.7 Å². The van der Waals surface area contributed by atoms with Crippen molar-refractivity contribution in [2.45, 2.75) is 50.5 Å². The molecule has 2 aromatic rings. The number of halogens is 2. The highest BCUT2D eigenvalue weighted by molar-refractivity contribution is 5.91. The van der Waals surface area contributed by atoms with Gasteiger partial charge < -0.3 is 19.0 Å². The maximum atomic E-state index is 13.7. The Morgan fingerprint density at radius 3 is 2.47 bits per heavy atom. The van der Waals surface area contributed by atoms with Crippen molar-refractivity contribution in [2.24, 2.45) is 0 Å². The first-order chi connectivity index (χ1) is 14.4. The van der Waals surface area contributed by atoms with E-state index in [2.05, 4.69) is 10.2 Å². The first kappa shape index (κ1) is 19.1. The summed E-state index contributed by atoms with van der Waals surface area (Å²) in [6.07, 6.45) is 1.43. The second-order valence-electron chi connectivity index (χ2n) is 7.99. The van der Waals surface area contributed by atoms with Crippen molar-refractivity contribution in [1.29, 1.82) is 0 Å². The van der Waals surface area contributed by atoms with Crippen LogP contribution in [0.1, 0.15) is 53.9 Å². The maximum Gasteiger partial charge on any atom is 0.311 e. The van der Waals surface area contributed by atoms with E-state index in [1.807, 2.05) is 0 Å². The zero-order valence-corrected chi connectivity index (χ0v) is 16.3. The number of hydrogen-bond donors (Lipinski definition) is 0. The summed E-state index contributed by atoms with van der Waals surface area (Å²) in [5.74, 6) is -1.65. The number of ether oxygens (including phenoxy) is 1. The second-order valence-corrected chi connectivity index (χ2v) is 7.99. The molecule has 0 aliphatic carbocycles. The molecule has 3 aliphatic heterocycles. The van der Waals surface area contributed by atoms with Gasteiger partial charge in [-0.2, -0.15) is 0 Å². The highest BCUT2D eigenvalue weighted by Crippen LogP contribution is 2.47. The van der Waals surface area contributed by atoms with E-state index < -0.39 is 29.5 Å². The predicted octanol–water partition coefficient (Wildman–Crippen LogP) is 2.35. The molecule has 8 nitrogen and oxygen atoms in total. The second kappa shape index (κ2) is 6.83. The van der Waals surface area contributed by atoms with Gasteiger partial charge >= 0.3 is 11.8 Å². The number of carbonyl (C=O) groups is 2. The van der Waals surface area contributed by atoms with Gasteiger partial charge in [0, 0.05) is 38.9 Å². The van der Waals surface area contributed by atoms with Gasteiger partial charge in [0.1, 0.15) is 17.9 Å². The predicted molar refractivity (Wildman–Crippen MR) is 97.0 cm³/mol. The lowest BCUT2D eigenvalue weighted by atomic mass is 9.89. The van der Waals surface area contributed by atoms with Crippen LogP contribution in [0.15, 0.2) is 22.6 Å². The number of fused-ring (bicyclic) bond motifs is 1. The average molecular weight is 418 g/mol. The zero-order chi connectivity index (χ0) is 21.0. The summed E-state index contributed by atoms with van der Waals surface area (Å²) >= 11 is 0. The molecule has 2 atom stereocenters. The molecule has 3 fully saturated rings. The minimum Gasteiger partial charge on any atom is -0.417 e. The molecular formula is C20H20F2N4O4. The first-order valence-corrected chi connectivity index (χ1v) is 9.92. The molecule has 4 heterocycles. The summed E-state index contributed by atoms with van der Waals surface area (Å²) in [7, 11) is 0. The quantitative estimate of drug-likeness (QED) is 0.744. The molecule has 3 saturated heterocycles. The summed E-state index contributed by atoms with van der Waals surface area (Å²) in [6.45, 7) is 2.23. The van der Waals surface area contributed by atoms with Gasteiger partial charge in [-0.05, 0) is 30.5 Å². The summed E-state index contributed by atoms with van der Waals surface area (Å²) in [6, 6.07) is 2.93. The maximum absolute atomic E-state index is 13.7. The van der Waals surface area contributed by atoms with Crippen LogP contribution in [0, 0.1) is 18.6 Å². The van der Waals surface area contributed by atoms with E-state index in [9.17, 15) is 18.4 Å². The number of piperidine rings is 1. The van der Waals surface area contributed by atoms with Crippen molar-refractivity contribution in [3.8, 4) is 0 Å². The van der Waals surface area contributed by atoms with Gasteiger partial charge in [-0.15, -0.1) is 10.2 Å². The third kappa shape index (κ3) is 2.97. The van der Waals surface area contributed by atoms with Crippen molar-refractivity contribution in [3.05, 3.63) is 47.2 Å². The summed E-state index contributed by atoms with van der Waals surface area (Å²) in [4.78, 5) is 29.0. The SMILES string of the molecule is Cc1nnc(C(=O)N2CCC3(CC2)OC2CCC(c4cc(F)cc(F)c4)N2C3=O)o1. The molecule has 2 amide bonds. The Hall–Kier alpha value is -2.88. The molecule has 3 aliphatic rings. The monoisotopic (exact) mass is 418 g/mol. The average Bonchev–Trinajstić information content (AvgIpc) is 3.38. The lowest BCUT2D eigenvalue weighted by Crippen LogP contribution is -2.51. The standard InChI is InChI=1S/C20H20F2N4O4/c1-11-23-24-17(29-11)18(27)25-6-4-20(5-7-25)19(28)26-15(2-3-16(26)30-20)12-8-13(21)10-14(22)9-12/h8-10,15-16H,2-7H2,1H3. The van der Waals surface area contributed by atoms with Crippen LogP contribution in [-0.2, 0) is 9.53 Å². The van der Waals surface area contributed by atoms with Gasteiger partial charge in [0.25, 0.3) is 5.91 Å². The van der Waals surface area contributed by atoms with E-state index >= 15 is 0 Å². The number of rotatable bonds is 2. The van der Waals surface area contributed by atoms with Gasteiger partial charge in [-0.25, -0.2) is 8.78 Å². The molecule has 1 aromatic heterocycles. The molecule has 0 saturated carbocycles. The largest absolute Gasteiger partial charge is 0.417 e. The zero-order valence-electron chi connectivity index (χ0n) is 16.3. The normalized spacial score (nSPS) is 25.2. The molecule has 0 radical (unpaired) electrons. The summed E-state index contributed by atoms with van der Waals surface area (Å²) < 4.78 is 38.8. The van der Waals surface area contributed by atoms with E-state index in [1.165, 1.54) is 12.1 Å². The van der Waals surface area contributed by atoms with Crippen LogP contribution in [0.3, 0.4) is 0 Å². The van der Waals surface area contributed by atoms with Crippen LogP contribution in [0.25, 0.3) is 0 Å². The molecular weight excluding hydrogens is 398 g/mol. The fraction of sp³-hybridized carbons (Fsp3) is 0.500. The number of carbonyl (C=O) groups excluding carboxylic acids is 2. The molecule has 1 spiro atoms. The molecule has 0 bridgehead atoms. The Morgan fingerprint density at radius 1 is 1.13 bits per heavy atom. The van der Waals surface area contributed by atoms with Crippen molar-refractivity contribution in [3.63, 3.8) is 0 Å². The highest BCUT2D eigenvalue weighted by Gasteiger charge is 2.58. The minimum atomic E-state index is -1.02. The Labute approximate surface area is 170 Å². The lowest BCUT2D eigenvalue weighted by molar-refractivity contribution is -0.142. The fourth-order valence-electron chi connectivity index (χ4n) is 4.73. The van der Waals surface area contributed by atoms with Gasteiger partial charge in [0.2, 0.25) is 5.89 Å². The third-order valence-corrected chi connectivity index (χ3v) is 6.16. The minimum absolute atomic E-state index is 0.0732. The molecule has 1 aromatic carbocycles. The first-order valence-electron chi connectivity index (χ1n) is 9.92. The van der Waals surface area contributed by atoms with Gasteiger partial charge in [-0.3, -0.25) is 9.59 Å². The Bertz CT molecular complexity index is 998. The van der Waals surface area contributed by atoms with Crippen molar-refractivity contribution < 1.29 is 27.5 Å². The summed E-state index contributed by atoms with van der Waals surface area (Å²) in [5.41, 5.74) is -0.583. The van der Waals surface area contributed by atoms with Crippen LogP contribution >= 0.6 is 0 Å². The smallest absolute Gasteiger partial charge is 0.311 e. The number of benzene rings is 1. The van der Waals surface area contributed by atoms with Gasteiger partial charge in [0.15, 0.2) is 5.60 Å². The molecule has 5 rings (SSSR count). The number of hydrogen-bond acceptors (Lipinski definition) is 6.